The van der Waals surface area contributed by atoms with Gasteiger partial charge in [-0.1, -0.05) is 25.5 Å². The largest absolute Gasteiger partial charge is 0.362 e. The second kappa shape index (κ2) is 7.80. The number of hydrogen-bond donors (Lipinski definition) is 1. The van der Waals surface area contributed by atoms with Gasteiger partial charge in [0.25, 0.3) is 5.69 Å². The van der Waals surface area contributed by atoms with Gasteiger partial charge >= 0.3 is 6.03 Å². The first-order chi connectivity index (χ1) is 11.0. The normalized spacial score (nSPS) is 16.1. The van der Waals surface area contributed by atoms with Gasteiger partial charge in [0.1, 0.15) is 5.69 Å². The van der Waals surface area contributed by atoms with E-state index in [0.717, 1.165) is 12.8 Å². The standard InChI is InChI=1S/C16H24N4O3/c1-3-6-13(2)17-16(21)19-11-9-18(10-12-19)14-7-4-5-8-15(14)20(22)23/h4-5,7-8,13H,3,6,9-12H2,1-2H3,(H,17,21). The summed E-state index contributed by atoms with van der Waals surface area (Å²) in [7, 11) is 0. The first-order valence-electron chi connectivity index (χ1n) is 8.06. The molecular weight excluding hydrogens is 296 g/mol. The van der Waals surface area contributed by atoms with Crippen LogP contribution in [0.15, 0.2) is 24.3 Å². The number of benzene rings is 1. The van der Waals surface area contributed by atoms with Crippen molar-refractivity contribution in [2.24, 2.45) is 0 Å². The Labute approximate surface area is 136 Å². The molecule has 0 bridgehead atoms. The van der Waals surface area contributed by atoms with Crippen molar-refractivity contribution < 1.29 is 9.72 Å². The van der Waals surface area contributed by atoms with Crippen molar-refractivity contribution in [3.8, 4) is 0 Å². The van der Waals surface area contributed by atoms with Crippen LogP contribution in [-0.2, 0) is 0 Å². The number of amides is 2. The van der Waals surface area contributed by atoms with Gasteiger partial charge in [-0.05, 0) is 19.4 Å². The molecule has 1 aliphatic heterocycles. The average molecular weight is 320 g/mol. The molecule has 0 radical (unpaired) electrons. The van der Waals surface area contributed by atoms with Crippen molar-refractivity contribution in [1.82, 2.24) is 10.2 Å². The zero-order valence-corrected chi connectivity index (χ0v) is 13.7. The van der Waals surface area contributed by atoms with E-state index >= 15 is 0 Å². The summed E-state index contributed by atoms with van der Waals surface area (Å²) in [5.41, 5.74) is 0.735. The zero-order chi connectivity index (χ0) is 16.8. The van der Waals surface area contributed by atoms with E-state index in [1.165, 1.54) is 6.07 Å². The number of carbonyl (C=O) groups excluding carboxylic acids is 1. The van der Waals surface area contributed by atoms with E-state index in [4.69, 9.17) is 0 Å². The second-order valence-electron chi connectivity index (χ2n) is 5.86. The van der Waals surface area contributed by atoms with Crippen molar-refractivity contribution in [3.63, 3.8) is 0 Å². The third kappa shape index (κ3) is 4.34. The summed E-state index contributed by atoms with van der Waals surface area (Å²) >= 11 is 0. The summed E-state index contributed by atoms with van der Waals surface area (Å²) in [5.74, 6) is 0. The van der Waals surface area contributed by atoms with Gasteiger partial charge in [0.05, 0.1) is 4.92 Å². The molecule has 0 saturated carbocycles. The molecule has 1 saturated heterocycles. The van der Waals surface area contributed by atoms with Gasteiger partial charge in [-0.3, -0.25) is 10.1 Å². The first-order valence-corrected chi connectivity index (χ1v) is 8.06. The fraction of sp³-hybridized carbons (Fsp3) is 0.562. The summed E-state index contributed by atoms with van der Waals surface area (Å²) in [5, 5.41) is 14.1. The number of piperazine rings is 1. The number of nitrogens with one attached hydrogen (secondary N) is 1. The van der Waals surface area contributed by atoms with E-state index in [-0.39, 0.29) is 22.7 Å². The smallest absolute Gasteiger partial charge is 0.317 e. The Hall–Kier alpha value is -2.31. The monoisotopic (exact) mass is 320 g/mol. The van der Waals surface area contributed by atoms with Crippen LogP contribution in [0.5, 0.6) is 0 Å². The predicted octanol–water partition coefficient (Wildman–Crippen LogP) is 2.62. The van der Waals surface area contributed by atoms with Crippen molar-refractivity contribution in [3.05, 3.63) is 34.4 Å². The molecule has 1 heterocycles. The first kappa shape index (κ1) is 17.1. The Kier molecular flexibility index (Phi) is 5.78. The van der Waals surface area contributed by atoms with Crippen LogP contribution in [0, 0.1) is 10.1 Å². The van der Waals surface area contributed by atoms with Gasteiger partial charge < -0.3 is 15.1 Å². The van der Waals surface area contributed by atoms with Crippen LogP contribution >= 0.6 is 0 Å². The third-order valence-electron chi connectivity index (χ3n) is 4.08. The third-order valence-corrected chi connectivity index (χ3v) is 4.08. The maximum atomic E-state index is 12.2. The average Bonchev–Trinajstić information content (AvgIpc) is 2.55. The predicted molar refractivity (Wildman–Crippen MR) is 89.8 cm³/mol. The van der Waals surface area contributed by atoms with Crippen molar-refractivity contribution >= 4 is 17.4 Å². The molecule has 0 spiro atoms. The van der Waals surface area contributed by atoms with Gasteiger partial charge in [-0.2, -0.15) is 0 Å². The molecular formula is C16H24N4O3. The fourth-order valence-corrected chi connectivity index (χ4v) is 2.84. The SMILES string of the molecule is CCCC(C)NC(=O)N1CCN(c2ccccc2[N+](=O)[O-])CC1. The van der Waals surface area contributed by atoms with Crippen molar-refractivity contribution in [2.45, 2.75) is 32.7 Å². The summed E-state index contributed by atoms with van der Waals surface area (Å²) < 4.78 is 0. The van der Waals surface area contributed by atoms with Crippen LogP contribution in [0.1, 0.15) is 26.7 Å². The summed E-state index contributed by atoms with van der Waals surface area (Å²) in [6.07, 6.45) is 1.99. The molecule has 1 aromatic carbocycles. The number of carbonyl (C=O) groups is 1. The topological polar surface area (TPSA) is 78.7 Å². The quantitative estimate of drug-likeness (QED) is 0.668. The molecule has 1 aliphatic rings. The lowest BCUT2D eigenvalue weighted by Crippen LogP contribution is -2.53. The number of nitrogens with zero attached hydrogens (tertiary/aromatic N) is 3. The minimum Gasteiger partial charge on any atom is -0.362 e. The molecule has 7 heteroatoms. The molecule has 1 fully saturated rings. The Morgan fingerprint density at radius 2 is 1.96 bits per heavy atom. The highest BCUT2D eigenvalue weighted by molar-refractivity contribution is 5.75. The van der Waals surface area contributed by atoms with E-state index in [0.29, 0.717) is 31.9 Å². The molecule has 126 valence electrons. The molecule has 1 atom stereocenters. The highest BCUT2D eigenvalue weighted by Gasteiger charge is 2.25. The minimum absolute atomic E-state index is 0.0480. The second-order valence-corrected chi connectivity index (χ2v) is 5.86. The lowest BCUT2D eigenvalue weighted by atomic mass is 10.2. The fourth-order valence-electron chi connectivity index (χ4n) is 2.84. The Bertz CT molecular complexity index is 556. The van der Waals surface area contributed by atoms with Gasteiger partial charge in [0, 0.05) is 38.3 Å². The van der Waals surface area contributed by atoms with E-state index in [2.05, 4.69) is 12.2 Å². The summed E-state index contributed by atoms with van der Waals surface area (Å²) in [6.45, 7) is 6.42. The van der Waals surface area contributed by atoms with Gasteiger partial charge in [0.15, 0.2) is 0 Å². The van der Waals surface area contributed by atoms with Gasteiger partial charge in [0.2, 0.25) is 0 Å². The molecule has 1 aromatic rings. The van der Waals surface area contributed by atoms with Gasteiger partial charge in [-0.25, -0.2) is 4.79 Å². The number of nitro groups is 1. The van der Waals surface area contributed by atoms with Crippen molar-refractivity contribution in [2.75, 3.05) is 31.1 Å². The molecule has 2 rings (SSSR count). The van der Waals surface area contributed by atoms with E-state index < -0.39 is 0 Å². The van der Waals surface area contributed by atoms with Crippen LogP contribution in [0.25, 0.3) is 0 Å². The number of nitro benzene ring substituents is 1. The van der Waals surface area contributed by atoms with Crippen LogP contribution in [0.3, 0.4) is 0 Å². The maximum absolute atomic E-state index is 12.2. The Balaban J connectivity index is 1.94. The van der Waals surface area contributed by atoms with Crippen LogP contribution < -0.4 is 10.2 Å². The highest BCUT2D eigenvalue weighted by atomic mass is 16.6. The van der Waals surface area contributed by atoms with E-state index in [1.807, 2.05) is 11.8 Å². The zero-order valence-electron chi connectivity index (χ0n) is 13.7. The molecule has 23 heavy (non-hydrogen) atoms. The summed E-state index contributed by atoms with van der Waals surface area (Å²) in [4.78, 5) is 26.7. The Morgan fingerprint density at radius 1 is 1.30 bits per heavy atom. The van der Waals surface area contributed by atoms with E-state index in [1.54, 1.807) is 23.1 Å². The minimum atomic E-state index is -0.360. The molecule has 0 aliphatic carbocycles. The molecule has 7 nitrogen and oxygen atoms in total. The number of urea groups is 1. The van der Waals surface area contributed by atoms with E-state index in [9.17, 15) is 14.9 Å². The number of hydrogen-bond acceptors (Lipinski definition) is 4. The number of anilines is 1. The molecule has 0 aromatic heterocycles. The lowest BCUT2D eigenvalue weighted by Gasteiger charge is -2.36. The maximum Gasteiger partial charge on any atom is 0.317 e. The lowest BCUT2D eigenvalue weighted by molar-refractivity contribution is -0.384. The molecule has 1 N–H and O–H groups in total. The number of para-hydroxylation sites is 2. The van der Waals surface area contributed by atoms with Crippen molar-refractivity contribution in [1.29, 1.82) is 0 Å². The Morgan fingerprint density at radius 3 is 2.57 bits per heavy atom. The van der Waals surface area contributed by atoms with Crippen LogP contribution in [-0.4, -0.2) is 48.1 Å². The number of rotatable bonds is 5. The molecule has 2 amide bonds. The van der Waals surface area contributed by atoms with Crippen LogP contribution in [0.4, 0.5) is 16.2 Å². The highest BCUT2D eigenvalue weighted by Crippen LogP contribution is 2.28. The van der Waals surface area contributed by atoms with Gasteiger partial charge in [-0.15, -0.1) is 0 Å². The van der Waals surface area contributed by atoms with Crippen LogP contribution in [0.2, 0.25) is 0 Å². The summed E-state index contributed by atoms with van der Waals surface area (Å²) in [6, 6.07) is 6.86. The molecule has 1 unspecified atom stereocenters.